The Bertz CT molecular complexity index is 742. The Balaban J connectivity index is 1.20. The molecule has 0 bridgehead atoms. The van der Waals surface area contributed by atoms with Gasteiger partial charge >= 0.3 is 6.03 Å². The lowest BCUT2D eigenvalue weighted by molar-refractivity contribution is -0.128. The van der Waals surface area contributed by atoms with Crippen LogP contribution < -0.4 is 10.6 Å². The molecule has 5 nitrogen and oxygen atoms in total. The summed E-state index contributed by atoms with van der Waals surface area (Å²) in [6.07, 6.45) is 7.44. The van der Waals surface area contributed by atoms with E-state index in [9.17, 15) is 14.0 Å². The van der Waals surface area contributed by atoms with Gasteiger partial charge in [0.05, 0.1) is 0 Å². The van der Waals surface area contributed by atoms with Gasteiger partial charge in [-0.05, 0) is 55.4 Å². The number of carbonyl (C=O) groups is 2. The number of allylic oxidation sites excluding steroid dienone is 1. The highest BCUT2D eigenvalue weighted by atomic mass is 19.1. The highest BCUT2D eigenvalue weighted by Gasteiger charge is 2.39. The number of amides is 3. The average Bonchev–Trinajstić information content (AvgIpc) is 3.44. The summed E-state index contributed by atoms with van der Waals surface area (Å²) in [5.74, 6) is 0.228. The standard InChI is InChI=1S/C21H26FN3O2/c22-17-5-1-15(2-6-17)16-3-7-18(8-4-16)24-21(27)23-12-14-11-20(26)25(13-14)19-9-10-19/h1-3,5-6,14,18-19H,4,7-13H2,(H2,23,24,27). The molecule has 2 aliphatic carbocycles. The smallest absolute Gasteiger partial charge is 0.315 e. The fraction of sp³-hybridized carbons (Fsp3) is 0.524. The van der Waals surface area contributed by atoms with Crippen molar-refractivity contribution in [1.29, 1.82) is 0 Å². The summed E-state index contributed by atoms with van der Waals surface area (Å²) < 4.78 is 13.0. The van der Waals surface area contributed by atoms with Crippen LogP contribution in [0.1, 0.15) is 44.1 Å². The first-order valence-electron chi connectivity index (χ1n) is 9.87. The average molecular weight is 371 g/mol. The Labute approximate surface area is 159 Å². The molecule has 2 unspecified atom stereocenters. The third-order valence-corrected chi connectivity index (χ3v) is 5.74. The molecular weight excluding hydrogens is 345 g/mol. The Kier molecular flexibility index (Phi) is 5.14. The molecule has 3 aliphatic rings. The second-order valence-corrected chi connectivity index (χ2v) is 7.91. The van der Waals surface area contributed by atoms with Crippen molar-refractivity contribution in [3.63, 3.8) is 0 Å². The van der Waals surface area contributed by atoms with Gasteiger partial charge in [0.1, 0.15) is 5.82 Å². The molecule has 1 saturated heterocycles. The Morgan fingerprint density at radius 1 is 1.19 bits per heavy atom. The second-order valence-electron chi connectivity index (χ2n) is 7.91. The summed E-state index contributed by atoms with van der Waals surface area (Å²) in [6.45, 7) is 1.32. The van der Waals surface area contributed by atoms with Crippen LogP contribution in [-0.4, -0.2) is 42.0 Å². The van der Waals surface area contributed by atoms with E-state index in [0.717, 1.165) is 44.2 Å². The topological polar surface area (TPSA) is 61.4 Å². The van der Waals surface area contributed by atoms with Crippen LogP contribution in [0.4, 0.5) is 9.18 Å². The van der Waals surface area contributed by atoms with E-state index in [0.29, 0.717) is 19.0 Å². The first-order valence-corrected chi connectivity index (χ1v) is 9.87. The summed E-state index contributed by atoms with van der Waals surface area (Å²) >= 11 is 0. The quantitative estimate of drug-likeness (QED) is 0.836. The van der Waals surface area contributed by atoms with Gasteiger partial charge in [-0.25, -0.2) is 9.18 Å². The van der Waals surface area contributed by atoms with E-state index < -0.39 is 0 Å². The van der Waals surface area contributed by atoms with Crippen LogP contribution in [0, 0.1) is 11.7 Å². The number of hydrogen-bond donors (Lipinski definition) is 2. The molecule has 1 aromatic rings. The highest BCUT2D eigenvalue weighted by Crippen LogP contribution is 2.32. The number of carbonyl (C=O) groups excluding carboxylic acids is 2. The van der Waals surface area contributed by atoms with Gasteiger partial charge in [0.15, 0.2) is 0 Å². The van der Waals surface area contributed by atoms with Gasteiger partial charge in [0, 0.05) is 37.5 Å². The number of nitrogens with zero attached hydrogens (tertiary/aromatic N) is 1. The number of likely N-dealkylation sites (tertiary alicyclic amines) is 1. The fourth-order valence-corrected chi connectivity index (χ4v) is 4.05. The minimum absolute atomic E-state index is 0.113. The lowest BCUT2D eigenvalue weighted by Gasteiger charge is -2.24. The van der Waals surface area contributed by atoms with Crippen LogP contribution in [0.2, 0.25) is 0 Å². The Morgan fingerprint density at radius 3 is 2.63 bits per heavy atom. The third-order valence-electron chi connectivity index (χ3n) is 5.74. The van der Waals surface area contributed by atoms with Crippen molar-refractivity contribution in [3.8, 4) is 0 Å². The van der Waals surface area contributed by atoms with Gasteiger partial charge in [0.25, 0.3) is 0 Å². The normalized spacial score (nSPS) is 25.3. The van der Waals surface area contributed by atoms with Crippen molar-refractivity contribution in [2.75, 3.05) is 13.1 Å². The zero-order valence-electron chi connectivity index (χ0n) is 15.4. The van der Waals surface area contributed by atoms with Crippen molar-refractivity contribution in [2.24, 2.45) is 5.92 Å². The Hall–Kier alpha value is -2.37. The monoisotopic (exact) mass is 371 g/mol. The van der Waals surface area contributed by atoms with Crippen LogP contribution in [0.15, 0.2) is 30.3 Å². The van der Waals surface area contributed by atoms with Crippen molar-refractivity contribution in [1.82, 2.24) is 15.5 Å². The molecule has 3 amide bonds. The van der Waals surface area contributed by atoms with Crippen LogP contribution in [0.25, 0.3) is 5.57 Å². The first-order chi connectivity index (χ1) is 13.1. The predicted octanol–water partition coefficient (Wildman–Crippen LogP) is 3.07. The maximum Gasteiger partial charge on any atom is 0.315 e. The first kappa shape index (κ1) is 18.0. The minimum atomic E-state index is -0.226. The summed E-state index contributed by atoms with van der Waals surface area (Å²) in [5, 5.41) is 5.96. The molecule has 27 heavy (non-hydrogen) atoms. The number of rotatable bonds is 5. The summed E-state index contributed by atoms with van der Waals surface area (Å²) in [7, 11) is 0. The van der Waals surface area contributed by atoms with Crippen LogP contribution in [-0.2, 0) is 4.79 Å². The van der Waals surface area contributed by atoms with Gasteiger partial charge in [-0.1, -0.05) is 18.2 Å². The zero-order valence-corrected chi connectivity index (χ0v) is 15.4. The largest absolute Gasteiger partial charge is 0.339 e. The number of benzene rings is 1. The van der Waals surface area contributed by atoms with Gasteiger partial charge < -0.3 is 15.5 Å². The third kappa shape index (κ3) is 4.49. The molecule has 2 fully saturated rings. The van der Waals surface area contributed by atoms with E-state index in [2.05, 4.69) is 16.7 Å². The Morgan fingerprint density at radius 2 is 1.96 bits per heavy atom. The van der Waals surface area contributed by atoms with Gasteiger partial charge in [0.2, 0.25) is 5.91 Å². The predicted molar refractivity (Wildman–Crippen MR) is 101 cm³/mol. The van der Waals surface area contributed by atoms with E-state index in [-0.39, 0.29) is 29.7 Å². The molecule has 0 spiro atoms. The fourth-order valence-electron chi connectivity index (χ4n) is 4.05. The molecule has 1 aromatic carbocycles. The molecular formula is C21H26FN3O2. The molecule has 4 rings (SSSR count). The lowest BCUT2D eigenvalue weighted by Crippen LogP contribution is -2.44. The maximum absolute atomic E-state index is 13.0. The van der Waals surface area contributed by atoms with Crippen LogP contribution >= 0.6 is 0 Å². The lowest BCUT2D eigenvalue weighted by atomic mass is 9.91. The van der Waals surface area contributed by atoms with Gasteiger partial charge in [-0.15, -0.1) is 0 Å². The van der Waals surface area contributed by atoms with Crippen molar-refractivity contribution >= 4 is 17.5 Å². The SMILES string of the molecule is O=C(NCC1CC(=O)N(C2CC2)C1)NC1CC=C(c2ccc(F)cc2)CC1. The number of urea groups is 1. The van der Waals surface area contributed by atoms with Crippen molar-refractivity contribution in [3.05, 3.63) is 41.7 Å². The van der Waals surface area contributed by atoms with Gasteiger partial charge in [-0.2, -0.15) is 0 Å². The molecule has 1 aliphatic heterocycles. The molecule has 1 saturated carbocycles. The molecule has 6 heteroatoms. The van der Waals surface area contributed by atoms with Crippen molar-refractivity contribution in [2.45, 2.75) is 50.6 Å². The number of hydrogen-bond acceptors (Lipinski definition) is 2. The molecule has 144 valence electrons. The molecule has 0 aromatic heterocycles. The summed E-state index contributed by atoms with van der Waals surface area (Å²) in [5.41, 5.74) is 2.25. The molecule has 0 radical (unpaired) electrons. The van der Waals surface area contributed by atoms with Gasteiger partial charge in [-0.3, -0.25) is 4.79 Å². The van der Waals surface area contributed by atoms with Crippen LogP contribution in [0.5, 0.6) is 0 Å². The van der Waals surface area contributed by atoms with Crippen molar-refractivity contribution < 1.29 is 14.0 Å². The minimum Gasteiger partial charge on any atom is -0.339 e. The van der Waals surface area contributed by atoms with Crippen LogP contribution in [0.3, 0.4) is 0 Å². The van der Waals surface area contributed by atoms with E-state index >= 15 is 0 Å². The molecule has 2 N–H and O–H groups in total. The van der Waals surface area contributed by atoms with E-state index in [1.165, 1.54) is 17.7 Å². The van der Waals surface area contributed by atoms with E-state index in [1.54, 1.807) is 12.1 Å². The second kappa shape index (κ2) is 7.71. The number of halogens is 1. The molecule has 2 atom stereocenters. The summed E-state index contributed by atoms with van der Waals surface area (Å²) in [6, 6.07) is 6.97. The molecule has 1 heterocycles. The maximum atomic E-state index is 13.0. The zero-order chi connectivity index (χ0) is 18.8. The highest BCUT2D eigenvalue weighted by molar-refractivity contribution is 5.80. The summed E-state index contributed by atoms with van der Waals surface area (Å²) in [4.78, 5) is 26.1. The van der Waals surface area contributed by atoms with E-state index in [4.69, 9.17) is 0 Å². The number of nitrogens with one attached hydrogen (secondary N) is 2. The van der Waals surface area contributed by atoms with E-state index in [1.807, 2.05) is 4.90 Å².